The summed E-state index contributed by atoms with van der Waals surface area (Å²) < 4.78 is 15.8. The highest BCUT2D eigenvalue weighted by Gasteiger charge is 2.11. The fraction of sp³-hybridized carbons (Fsp3) is 0.100. The zero-order valence-corrected chi connectivity index (χ0v) is 9.41. The lowest BCUT2D eigenvalue weighted by Crippen LogP contribution is -2.08. The second kappa shape index (κ2) is 4.12. The van der Waals surface area contributed by atoms with E-state index in [2.05, 4.69) is 21.0 Å². The van der Waals surface area contributed by atoms with Gasteiger partial charge in [0.25, 0.3) is 0 Å². The van der Waals surface area contributed by atoms with Gasteiger partial charge in [0, 0.05) is 6.54 Å². The number of aromatic nitrogens is 2. The van der Waals surface area contributed by atoms with E-state index in [1.807, 2.05) is 0 Å². The SMILES string of the molecule is NCc1c(Br)cnn1-c1ccccc1F. The van der Waals surface area contributed by atoms with Gasteiger partial charge in [-0.2, -0.15) is 5.10 Å². The molecule has 0 atom stereocenters. The molecule has 1 aromatic carbocycles. The lowest BCUT2D eigenvalue weighted by atomic mass is 10.3. The third-order valence-corrected chi connectivity index (χ3v) is 2.75. The van der Waals surface area contributed by atoms with Crippen LogP contribution < -0.4 is 5.73 Å². The molecule has 2 aromatic rings. The van der Waals surface area contributed by atoms with Crippen LogP contribution in [0.5, 0.6) is 0 Å². The molecule has 1 heterocycles. The third-order valence-electron chi connectivity index (χ3n) is 2.09. The van der Waals surface area contributed by atoms with E-state index in [1.54, 1.807) is 24.4 Å². The molecule has 5 heteroatoms. The van der Waals surface area contributed by atoms with E-state index in [4.69, 9.17) is 5.73 Å². The van der Waals surface area contributed by atoms with Gasteiger partial charge < -0.3 is 5.73 Å². The molecule has 0 aliphatic rings. The third kappa shape index (κ3) is 1.80. The van der Waals surface area contributed by atoms with Crippen LogP contribution in [0.3, 0.4) is 0 Å². The number of benzene rings is 1. The molecule has 78 valence electrons. The van der Waals surface area contributed by atoms with E-state index in [0.717, 1.165) is 10.2 Å². The van der Waals surface area contributed by atoms with Crippen LogP contribution in [-0.4, -0.2) is 9.78 Å². The van der Waals surface area contributed by atoms with Crippen LogP contribution in [0.1, 0.15) is 5.69 Å². The van der Waals surface area contributed by atoms with Crippen molar-refractivity contribution in [3.8, 4) is 5.69 Å². The van der Waals surface area contributed by atoms with Crippen LogP contribution >= 0.6 is 15.9 Å². The molecular formula is C10H9BrFN3. The Bertz CT molecular complexity index is 481. The summed E-state index contributed by atoms with van der Waals surface area (Å²) in [4.78, 5) is 0. The van der Waals surface area contributed by atoms with E-state index >= 15 is 0 Å². The Morgan fingerprint density at radius 2 is 2.13 bits per heavy atom. The molecule has 0 saturated heterocycles. The molecule has 0 bridgehead atoms. The monoisotopic (exact) mass is 269 g/mol. The molecular weight excluding hydrogens is 261 g/mol. The highest BCUT2D eigenvalue weighted by molar-refractivity contribution is 9.10. The fourth-order valence-corrected chi connectivity index (χ4v) is 1.79. The molecule has 3 nitrogen and oxygen atoms in total. The van der Waals surface area contributed by atoms with E-state index < -0.39 is 0 Å². The average Bonchev–Trinajstić information content (AvgIpc) is 2.60. The Hall–Kier alpha value is -1.20. The van der Waals surface area contributed by atoms with Crippen LogP contribution in [0.2, 0.25) is 0 Å². The highest BCUT2D eigenvalue weighted by Crippen LogP contribution is 2.20. The molecule has 0 radical (unpaired) electrons. The van der Waals surface area contributed by atoms with E-state index in [1.165, 1.54) is 10.7 Å². The first-order valence-corrected chi connectivity index (χ1v) is 5.20. The molecule has 1 aromatic heterocycles. The first-order valence-electron chi connectivity index (χ1n) is 4.41. The molecule has 0 amide bonds. The molecule has 0 unspecified atom stereocenters. The first-order chi connectivity index (χ1) is 7.24. The summed E-state index contributed by atoms with van der Waals surface area (Å²) in [7, 11) is 0. The maximum atomic E-state index is 13.5. The molecule has 15 heavy (non-hydrogen) atoms. The van der Waals surface area contributed by atoms with Crippen molar-refractivity contribution in [2.24, 2.45) is 5.73 Å². The van der Waals surface area contributed by atoms with E-state index in [9.17, 15) is 4.39 Å². The minimum absolute atomic E-state index is 0.301. The van der Waals surface area contributed by atoms with Gasteiger partial charge >= 0.3 is 0 Å². The average molecular weight is 270 g/mol. The minimum atomic E-state index is -0.317. The molecule has 0 fully saturated rings. The molecule has 2 N–H and O–H groups in total. The van der Waals surface area contributed by atoms with Crippen LogP contribution in [-0.2, 0) is 6.54 Å². The number of para-hydroxylation sites is 1. The van der Waals surface area contributed by atoms with Crippen LogP contribution in [0, 0.1) is 5.82 Å². The second-order valence-corrected chi connectivity index (χ2v) is 3.86. The molecule has 0 spiro atoms. The second-order valence-electron chi connectivity index (χ2n) is 3.01. The number of hydrogen-bond donors (Lipinski definition) is 1. The highest BCUT2D eigenvalue weighted by atomic mass is 79.9. The van der Waals surface area contributed by atoms with Crippen molar-refractivity contribution in [2.45, 2.75) is 6.54 Å². The number of nitrogens with zero attached hydrogens (tertiary/aromatic N) is 2. The maximum absolute atomic E-state index is 13.5. The Morgan fingerprint density at radius 1 is 1.40 bits per heavy atom. The van der Waals surface area contributed by atoms with Crippen molar-refractivity contribution in [2.75, 3.05) is 0 Å². The standard InChI is InChI=1S/C10H9BrFN3/c11-7-6-14-15(10(7)5-13)9-4-2-1-3-8(9)12/h1-4,6H,5,13H2. The van der Waals surface area contributed by atoms with Gasteiger partial charge in [-0.1, -0.05) is 12.1 Å². The smallest absolute Gasteiger partial charge is 0.148 e. The number of rotatable bonds is 2. The van der Waals surface area contributed by atoms with E-state index in [0.29, 0.717) is 12.2 Å². The number of hydrogen-bond acceptors (Lipinski definition) is 2. The van der Waals surface area contributed by atoms with Gasteiger partial charge in [-0.15, -0.1) is 0 Å². The lowest BCUT2D eigenvalue weighted by molar-refractivity contribution is 0.606. The van der Waals surface area contributed by atoms with Crippen LogP contribution in [0.4, 0.5) is 4.39 Å². The summed E-state index contributed by atoms with van der Waals surface area (Å²) in [5.74, 6) is -0.317. The Labute approximate surface area is 94.8 Å². The summed E-state index contributed by atoms with van der Waals surface area (Å²) in [6.07, 6.45) is 1.61. The zero-order chi connectivity index (χ0) is 10.8. The Kier molecular flexibility index (Phi) is 2.83. The van der Waals surface area contributed by atoms with Crippen molar-refractivity contribution in [3.05, 3.63) is 46.4 Å². The Morgan fingerprint density at radius 3 is 2.80 bits per heavy atom. The van der Waals surface area contributed by atoms with Crippen LogP contribution in [0.25, 0.3) is 5.69 Å². The van der Waals surface area contributed by atoms with Crippen molar-refractivity contribution in [3.63, 3.8) is 0 Å². The number of halogens is 2. The summed E-state index contributed by atoms with van der Waals surface area (Å²) in [5, 5.41) is 4.07. The summed E-state index contributed by atoms with van der Waals surface area (Å²) in [5.41, 5.74) is 6.73. The van der Waals surface area contributed by atoms with Gasteiger partial charge in [0.05, 0.1) is 16.4 Å². The predicted molar refractivity (Wildman–Crippen MR) is 59.1 cm³/mol. The summed E-state index contributed by atoms with van der Waals surface area (Å²) >= 11 is 3.31. The number of nitrogens with two attached hydrogens (primary N) is 1. The van der Waals surface area contributed by atoms with Crippen molar-refractivity contribution in [1.29, 1.82) is 0 Å². The Balaban J connectivity index is 2.59. The van der Waals surface area contributed by atoms with Gasteiger partial charge in [0.15, 0.2) is 0 Å². The normalized spacial score (nSPS) is 10.6. The minimum Gasteiger partial charge on any atom is -0.325 e. The predicted octanol–water partition coefficient (Wildman–Crippen LogP) is 2.23. The summed E-state index contributed by atoms with van der Waals surface area (Å²) in [6, 6.07) is 6.45. The topological polar surface area (TPSA) is 43.8 Å². The summed E-state index contributed by atoms with van der Waals surface area (Å²) in [6.45, 7) is 0.301. The van der Waals surface area contributed by atoms with Gasteiger partial charge in [-0.3, -0.25) is 0 Å². The molecule has 0 aliphatic carbocycles. The van der Waals surface area contributed by atoms with Crippen LogP contribution in [0.15, 0.2) is 34.9 Å². The molecule has 0 aliphatic heterocycles. The lowest BCUT2D eigenvalue weighted by Gasteiger charge is -2.06. The van der Waals surface area contributed by atoms with Crippen molar-refractivity contribution < 1.29 is 4.39 Å². The first kappa shape index (κ1) is 10.3. The quantitative estimate of drug-likeness (QED) is 0.909. The van der Waals surface area contributed by atoms with E-state index in [-0.39, 0.29) is 5.82 Å². The molecule has 0 saturated carbocycles. The van der Waals surface area contributed by atoms with Crippen molar-refractivity contribution >= 4 is 15.9 Å². The maximum Gasteiger partial charge on any atom is 0.148 e. The van der Waals surface area contributed by atoms with Gasteiger partial charge in [0.1, 0.15) is 11.5 Å². The fourth-order valence-electron chi connectivity index (χ4n) is 1.37. The van der Waals surface area contributed by atoms with Gasteiger partial charge in [-0.05, 0) is 28.1 Å². The zero-order valence-electron chi connectivity index (χ0n) is 7.82. The van der Waals surface area contributed by atoms with Crippen molar-refractivity contribution in [1.82, 2.24) is 9.78 Å². The molecule has 2 rings (SSSR count). The largest absolute Gasteiger partial charge is 0.325 e. The van der Waals surface area contributed by atoms with Gasteiger partial charge in [-0.25, -0.2) is 9.07 Å². The van der Waals surface area contributed by atoms with Gasteiger partial charge in [0.2, 0.25) is 0 Å².